The summed E-state index contributed by atoms with van der Waals surface area (Å²) >= 11 is 0. The number of carbonyl (C=O) groups is 1. The van der Waals surface area contributed by atoms with Crippen molar-refractivity contribution in [2.24, 2.45) is 0 Å². The molecule has 2 N–H and O–H groups in total. The van der Waals surface area contributed by atoms with Crippen LogP contribution in [0.5, 0.6) is 0 Å². The van der Waals surface area contributed by atoms with Gasteiger partial charge in [0.05, 0.1) is 6.10 Å². The molecule has 0 saturated carbocycles. The number of carbonyl (C=O) groups excluding carboxylic acids is 1. The summed E-state index contributed by atoms with van der Waals surface area (Å²) in [6.45, 7) is 1.38. The quantitative estimate of drug-likeness (QED) is 0.854. The van der Waals surface area contributed by atoms with E-state index in [2.05, 4.69) is 0 Å². The van der Waals surface area contributed by atoms with Crippen LogP contribution in [-0.4, -0.2) is 23.7 Å². The molecule has 1 aromatic carbocycles. The number of aryl methyl sites for hydroxylation is 1. The fourth-order valence-electron chi connectivity index (χ4n) is 1.20. The smallest absolute Gasteiger partial charge is 0.387 e. The second-order valence-electron chi connectivity index (χ2n) is 3.63. The molecule has 0 fully saturated rings. The van der Waals surface area contributed by atoms with Gasteiger partial charge in [-0.15, -0.1) is 0 Å². The summed E-state index contributed by atoms with van der Waals surface area (Å²) in [5, 5.41) is 11.2. The van der Waals surface area contributed by atoms with Crippen molar-refractivity contribution in [1.29, 1.82) is 0 Å². The van der Waals surface area contributed by atoms with Gasteiger partial charge >= 0.3 is 12.1 Å². The summed E-state index contributed by atoms with van der Waals surface area (Å²) in [6, 6.07) is 6.65. The highest BCUT2D eigenvalue weighted by Crippen LogP contribution is 2.16. The average molecular weight is 247 g/mol. The SMILES string of the molecule is Cc1ccc(C(O)CNC(=O)C(F)(F)F)cc1. The van der Waals surface area contributed by atoms with Crippen molar-refractivity contribution in [1.82, 2.24) is 5.32 Å². The number of benzene rings is 1. The van der Waals surface area contributed by atoms with Crippen molar-refractivity contribution in [3.8, 4) is 0 Å². The van der Waals surface area contributed by atoms with E-state index < -0.39 is 24.7 Å². The summed E-state index contributed by atoms with van der Waals surface area (Å²) in [7, 11) is 0. The molecule has 0 bridgehead atoms. The lowest BCUT2D eigenvalue weighted by Gasteiger charge is -2.13. The zero-order chi connectivity index (χ0) is 13.1. The van der Waals surface area contributed by atoms with E-state index in [-0.39, 0.29) is 0 Å². The predicted molar refractivity (Wildman–Crippen MR) is 55.2 cm³/mol. The molecule has 1 unspecified atom stereocenters. The van der Waals surface area contributed by atoms with E-state index in [0.29, 0.717) is 5.56 Å². The minimum absolute atomic E-state index is 0.457. The second kappa shape index (κ2) is 5.18. The van der Waals surface area contributed by atoms with Gasteiger partial charge in [-0.25, -0.2) is 0 Å². The van der Waals surface area contributed by atoms with Crippen LogP contribution < -0.4 is 5.32 Å². The molecule has 3 nitrogen and oxygen atoms in total. The molecular weight excluding hydrogens is 235 g/mol. The number of hydrogen-bond acceptors (Lipinski definition) is 2. The molecule has 0 aliphatic rings. The van der Waals surface area contributed by atoms with Crippen LogP contribution in [0.15, 0.2) is 24.3 Å². The zero-order valence-electron chi connectivity index (χ0n) is 9.08. The van der Waals surface area contributed by atoms with Crippen LogP contribution in [0.2, 0.25) is 0 Å². The van der Waals surface area contributed by atoms with Gasteiger partial charge in [0, 0.05) is 6.54 Å². The maximum Gasteiger partial charge on any atom is 0.471 e. The summed E-state index contributed by atoms with van der Waals surface area (Å²) in [5.41, 5.74) is 1.43. The van der Waals surface area contributed by atoms with Crippen molar-refractivity contribution in [3.05, 3.63) is 35.4 Å². The minimum atomic E-state index is -4.92. The van der Waals surface area contributed by atoms with Crippen LogP contribution in [0.25, 0.3) is 0 Å². The first kappa shape index (κ1) is 13.5. The Kier molecular flexibility index (Phi) is 4.11. The Morgan fingerprint density at radius 1 is 1.35 bits per heavy atom. The highest BCUT2D eigenvalue weighted by molar-refractivity contribution is 5.81. The van der Waals surface area contributed by atoms with E-state index in [1.54, 1.807) is 29.6 Å². The van der Waals surface area contributed by atoms with Gasteiger partial charge in [0.1, 0.15) is 0 Å². The standard InChI is InChI=1S/C11H12F3NO2/c1-7-2-4-8(5-3-7)9(16)6-15-10(17)11(12,13)14/h2-5,9,16H,6H2,1H3,(H,15,17). The number of hydrogen-bond donors (Lipinski definition) is 2. The third kappa shape index (κ3) is 4.07. The van der Waals surface area contributed by atoms with Gasteiger partial charge in [0.2, 0.25) is 0 Å². The number of aliphatic hydroxyl groups excluding tert-OH is 1. The molecule has 17 heavy (non-hydrogen) atoms. The van der Waals surface area contributed by atoms with Crippen molar-refractivity contribution in [3.63, 3.8) is 0 Å². The highest BCUT2D eigenvalue weighted by Gasteiger charge is 2.38. The predicted octanol–water partition coefficient (Wildman–Crippen LogP) is 1.71. The lowest BCUT2D eigenvalue weighted by molar-refractivity contribution is -0.174. The Hall–Kier alpha value is -1.56. The van der Waals surface area contributed by atoms with Crippen LogP contribution in [0.3, 0.4) is 0 Å². The monoisotopic (exact) mass is 247 g/mol. The molecule has 0 aliphatic heterocycles. The van der Waals surface area contributed by atoms with Crippen LogP contribution in [0, 0.1) is 6.92 Å². The molecule has 1 amide bonds. The van der Waals surface area contributed by atoms with Crippen LogP contribution >= 0.6 is 0 Å². The van der Waals surface area contributed by atoms with Gasteiger partial charge in [-0.2, -0.15) is 13.2 Å². The van der Waals surface area contributed by atoms with Crippen LogP contribution in [0.1, 0.15) is 17.2 Å². The van der Waals surface area contributed by atoms with Crippen molar-refractivity contribution < 1.29 is 23.1 Å². The molecule has 0 heterocycles. The van der Waals surface area contributed by atoms with E-state index in [1.165, 1.54) is 0 Å². The maximum atomic E-state index is 11.9. The topological polar surface area (TPSA) is 49.3 Å². The fourth-order valence-corrected chi connectivity index (χ4v) is 1.20. The van der Waals surface area contributed by atoms with Gasteiger partial charge in [-0.3, -0.25) is 4.79 Å². The van der Waals surface area contributed by atoms with Gasteiger partial charge in [0.15, 0.2) is 0 Å². The van der Waals surface area contributed by atoms with Gasteiger partial charge in [-0.05, 0) is 12.5 Å². The third-order valence-electron chi connectivity index (χ3n) is 2.18. The second-order valence-corrected chi connectivity index (χ2v) is 3.63. The van der Waals surface area contributed by atoms with E-state index >= 15 is 0 Å². The molecule has 1 rings (SSSR count). The number of alkyl halides is 3. The normalized spacial score (nSPS) is 13.2. The van der Waals surface area contributed by atoms with E-state index in [9.17, 15) is 23.1 Å². The van der Waals surface area contributed by atoms with Crippen LogP contribution in [-0.2, 0) is 4.79 Å². The molecule has 1 aromatic rings. The van der Waals surface area contributed by atoms with Crippen molar-refractivity contribution in [2.45, 2.75) is 19.2 Å². The Labute approximate surface area is 96.3 Å². The molecule has 6 heteroatoms. The molecule has 0 aliphatic carbocycles. The number of amides is 1. The van der Waals surface area contributed by atoms with E-state index in [4.69, 9.17) is 0 Å². The van der Waals surface area contributed by atoms with Crippen LogP contribution in [0.4, 0.5) is 13.2 Å². The minimum Gasteiger partial charge on any atom is -0.387 e. The third-order valence-corrected chi connectivity index (χ3v) is 2.18. The van der Waals surface area contributed by atoms with Gasteiger partial charge in [-0.1, -0.05) is 29.8 Å². The molecule has 0 aromatic heterocycles. The first-order valence-electron chi connectivity index (χ1n) is 4.90. The largest absolute Gasteiger partial charge is 0.471 e. The number of aliphatic hydroxyl groups is 1. The highest BCUT2D eigenvalue weighted by atomic mass is 19.4. The Balaban J connectivity index is 2.53. The van der Waals surface area contributed by atoms with Crippen molar-refractivity contribution >= 4 is 5.91 Å². The van der Waals surface area contributed by atoms with E-state index in [0.717, 1.165) is 5.56 Å². The molecule has 1 atom stereocenters. The molecule has 0 saturated heterocycles. The zero-order valence-corrected chi connectivity index (χ0v) is 9.08. The summed E-state index contributed by atoms with van der Waals surface area (Å²) in [4.78, 5) is 10.5. The van der Waals surface area contributed by atoms with E-state index in [1.807, 2.05) is 6.92 Å². The fraction of sp³-hybridized carbons (Fsp3) is 0.364. The summed E-state index contributed by atoms with van der Waals surface area (Å²) < 4.78 is 35.6. The molecule has 94 valence electrons. The lowest BCUT2D eigenvalue weighted by atomic mass is 10.1. The number of nitrogens with one attached hydrogen (secondary N) is 1. The maximum absolute atomic E-state index is 11.9. The number of rotatable bonds is 3. The van der Waals surface area contributed by atoms with Crippen molar-refractivity contribution in [2.75, 3.05) is 6.54 Å². The molecule has 0 spiro atoms. The molecular formula is C11H12F3NO2. The van der Waals surface area contributed by atoms with Gasteiger partial charge in [0.25, 0.3) is 0 Å². The Bertz CT molecular complexity index is 387. The lowest BCUT2D eigenvalue weighted by Crippen LogP contribution is -2.38. The molecule has 0 radical (unpaired) electrons. The Morgan fingerprint density at radius 3 is 2.35 bits per heavy atom. The first-order chi connectivity index (χ1) is 7.80. The van der Waals surface area contributed by atoms with Gasteiger partial charge < -0.3 is 10.4 Å². The summed E-state index contributed by atoms with van der Waals surface area (Å²) in [6.07, 6.45) is -6.07. The number of halogens is 3. The average Bonchev–Trinajstić information content (AvgIpc) is 2.25. The first-order valence-corrected chi connectivity index (χ1v) is 4.90. The Morgan fingerprint density at radius 2 is 1.88 bits per heavy atom. The summed E-state index contributed by atoms with van der Waals surface area (Å²) in [5.74, 6) is -2.05.